The Morgan fingerprint density at radius 2 is 2.30 bits per heavy atom. The van der Waals surface area contributed by atoms with Gasteiger partial charge in [-0.05, 0) is 18.6 Å². The van der Waals surface area contributed by atoms with E-state index >= 15 is 0 Å². The van der Waals surface area contributed by atoms with Crippen LogP contribution in [0.4, 0.5) is 0 Å². The Morgan fingerprint density at radius 3 is 3.05 bits per heavy atom. The number of halogens is 1. The highest BCUT2D eigenvalue weighted by Crippen LogP contribution is 2.27. The predicted molar refractivity (Wildman–Crippen MR) is 74.3 cm³/mol. The summed E-state index contributed by atoms with van der Waals surface area (Å²) in [7, 11) is 1.42. The molecule has 0 N–H and O–H groups in total. The maximum atomic E-state index is 11.6. The number of ether oxygens (including phenoxy) is 1. The van der Waals surface area contributed by atoms with Crippen molar-refractivity contribution < 1.29 is 9.53 Å². The number of aromatic nitrogens is 3. The monoisotopic (exact) mass is 291 g/mol. The summed E-state index contributed by atoms with van der Waals surface area (Å²) in [6.07, 6.45) is 1.31. The quantitative estimate of drug-likeness (QED) is 0.797. The third kappa shape index (κ3) is 2.29. The molecule has 1 atom stereocenters. The van der Waals surface area contributed by atoms with E-state index < -0.39 is 0 Å². The van der Waals surface area contributed by atoms with Crippen molar-refractivity contribution in [3.63, 3.8) is 0 Å². The Balaban J connectivity index is 1.92. The van der Waals surface area contributed by atoms with Crippen molar-refractivity contribution in [2.75, 3.05) is 7.11 Å². The van der Waals surface area contributed by atoms with E-state index in [2.05, 4.69) is 10.2 Å². The first-order chi connectivity index (χ1) is 9.69. The average Bonchev–Trinajstić information content (AvgIpc) is 2.89. The Labute approximate surface area is 121 Å². The molecule has 1 unspecified atom stereocenters. The number of fused-ring (bicyclic) bond motifs is 1. The second-order valence-electron chi connectivity index (χ2n) is 4.81. The molecule has 104 valence electrons. The third-order valence-corrected chi connectivity index (χ3v) is 3.81. The molecule has 1 aliphatic heterocycles. The van der Waals surface area contributed by atoms with Gasteiger partial charge in [-0.15, -0.1) is 10.2 Å². The average molecular weight is 292 g/mol. The van der Waals surface area contributed by atoms with Crippen molar-refractivity contribution in [3.8, 4) is 11.4 Å². The van der Waals surface area contributed by atoms with Crippen LogP contribution in [-0.4, -0.2) is 27.8 Å². The summed E-state index contributed by atoms with van der Waals surface area (Å²) in [6.45, 7) is 0.712. The van der Waals surface area contributed by atoms with Gasteiger partial charge in [-0.25, -0.2) is 0 Å². The normalized spacial score (nSPS) is 17.6. The number of carbonyl (C=O) groups is 1. The summed E-state index contributed by atoms with van der Waals surface area (Å²) in [4.78, 5) is 11.6. The number of hydrogen-bond acceptors (Lipinski definition) is 4. The maximum Gasteiger partial charge on any atom is 0.309 e. The van der Waals surface area contributed by atoms with Crippen molar-refractivity contribution in [2.24, 2.45) is 5.92 Å². The second kappa shape index (κ2) is 5.25. The topological polar surface area (TPSA) is 57.0 Å². The van der Waals surface area contributed by atoms with Crippen LogP contribution in [0.5, 0.6) is 0 Å². The van der Waals surface area contributed by atoms with Crippen LogP contribution >= 0.6 is 11.6 Å². The SMILES string of the molecule is COC(=O)C1CCn2c(nnc2-c2cccc(Cl)c2)C1. The van der Waals surface area contributed by atoms with Crippen LogP contribution < -0.4 is 0 Å². The number of hydrogen-bond donors (Lipinski definition) is 0. The zero-order valence-electron chi connectivity index (χ0n) is 11.0. The molecule has 5 nitrogen and oxygen atoms in total. The minimum Gasteiger partial charge on any atom is -0.469 e. The molecule has 2 heterocycles. The maximum absolute atomic E-state index is 11.6. The van der Waals surface area contributed by atoms with E-state index in [0.717, 1.165) is 23.6 Å². The minimum atomic E-state index is -0.177. The molecule has 0 bridgehead atoms. The molecule has 0 aliphatic carbocycles. The smallest absolute Gasteiger partial charge is 0.309 e. The lowest BCUT2D eigenvalue weighted by Crippen LogP contribution is -2.27. The fourth-order valence-electron chi connectivity index (χ4n) is 2.54. The summed E-state index contributed by atoms with van der Waals surface area (Å²) in [5.74, 6) is 1.32. The number of carbonyl (C=O) groups excluding carboxylic acids is 1. The zero-order valence-corrected chi connectivity index (χ0v) is 11.8. The lowest BCUT2D eigenvalue weighted by atomic mass is 9.98. The van der Waals surface area contributed by atoms with Gasteiger partial charge in [-0.3, -0.25) is 4.79 Å². The lowest BCUT2D eigenvalue weighted by molar-refractivity contribution is -0.146. The van der Waals surface area contributed by atoms with Crippen molar-refractivity contribution in [3.05, 3.63) is 35.1 Å². The Kier molecular flexibility index (Phi) is 3.44. The van der Waals surface area contributed by atoms with Crippen LogP contribution in [0.2, 0.25) is 5.02 Å². The Bertz CT molecular complexity index is 654. The third-order valence-electron chi connectivity index (χ3n) is 3.57. The van der Waals surface area contributed by atoms with E-state index in [-0.39, 0.29) is 11.9 Å². The van der Waals surface area contributed by atoms with Crippen molar-refractivity contribution >= 4 is 17.6 Å². The summed E-state index contributed by atoms with van der Waals surface area (Å²) < 4.78 is 6.84. The van der Waals surface area contributed by atoms with Crippen LogP contribution in [0.1, 0.15) is 12.2 Å². The molecule has 0 saturated carbocycles. The van der Waals surface area contributed by atoms with Gasteiger partial charge >= 0.3 is 5.97 Å². The highest BCUT2D eigenvalue weighted by molar-refractivity contribution is 6.30. The van der Waals surface area contributed by atoms with Gasteiger partial charge < -0.3 is 9.30 Å². The lowest BCUT2D eigenvalue weighted by Gasteiger charge is -2.21. The Morgan fingerprint density at radius 1 is 1.45 bits per heavy atom. The molecule has 3 rings (SSSR count). The van der Waals surface area contributed by atoms with E-state index in [0.29, 0.717) is 18.0 Å². The van der Waals surface area contributed by atoms with Gasteiger partial charge in [-0.1, -0.05) is 23.7 Å². The molecule has 1 aromatic carbocycles. The summed E-state index contributed by atoms with van der Waals surface area (Å²) in [5, 5.41) is 9.09. The van der Waals surface area contributed by atoms with E-state index in [9.17, 15) is 4.79 Å². The molecule has 20 heavy (non-hydrogen) atoms. The van der Waals surface area contributed by atoms with Crippen molar-refractivity contribution in [1.29, 1.82) is 0 Å². The zero-order chi connectivity index (χ0) is 14.1. The summed E-state index contributed by atoms with van der Waals surface area (Å²) in [6, 6.07) is 7.53. The van der Waals surface area contributed by atoms with Gasteiger partial charge in [0.1, 0.15) is 5.82 Å². The largest absolute Gasteiger partial charge is 0.469 e. The molecule has 0 fully saturated rings. The fourth-order valence-corrected chi connectivity index (χ4v) is 2.73. The van der Waals surface area contributed by atoms with Gasteiger partial charge in [0.2, 0.25) is 0 Å². The van der Waals surface area contributed by atoms with Crippen LogP contribution in [0.3, 0.4) is 0 Å². The van der Waals surface area contributed by atoms with Gasteiger partial charge in [-0.2, -0.15) is 0 Å². The highest BCUT2D eigenvalue weighted by atomic mass is 35.5. The van der Waals surface area contributed by atoms with Crippen LogP contribution in [0.15, 0.2) is 24.3 Å². The summed E-state index contributed by atoms with van der Waals surface area (Å²) >= 11 is 6.01. The van der Waals surface area contributed by atoms with E-state index in [1.165, 1.54) is 7.11 Å². The highest BCUT2D eigenvalue weighted by Gasteiger charge is 2.28. The van der Waals surface area contributed by atoms with Gasteiger partial charge in [0.05, 0.1) is 13.0 Å². The Hall–Kier alpha value is -1.88. The standard InChI is InChI=1S/C14H14ClN3O2/c1-20-14(19)10-5-6-18-12(8-10)16-17-13(18)9-3-2-4-11(15)7-9/h2-4,7,10H,5-6,8H2,1H3. The van der Waals surface area contributed by atoms with Crippen LogP contribution in [-0.2, 0) is 22.5 Å². The first-order valence-electron chi connectivity index (χ1n) is 6.45. The van der Waals surface area contributed by atoms with E-state index in [1.807, 2.05) is 28.8 Å². The van der Waals surface area contributed by atoms with Crippen LogP contribution in [0, 0.1) is 5.92 Å². The van der Waals surface area contributed by atoms with Gasteiger partial charge in [0, 0.05) is 23.6 Å². The second-order valence-corrected chi connectivity index (χ2v) is 5.25. The molecule has 6 heteroatoms. The first-order valence-corrected chi connectivity index (χ1v) is 6.82. The summed E-state index contributed by atoms with van der Waals surface area (Å²) in [5.41, 5.74) is 0.938. The number of esters is 1. The molecular weight excluding hydrogens is 278 g/mol. The number of rotatable bonds is 2. The molecule has 2 aromatic rings. The fraction of sp³-hybridized carbons (Fsp3) is 0.357. The molecular formula is C14H14ClN3O2. The van der Waals surface area contributed by atoms with Crippen molar-refractivity contribution in [1.82, 2.24) is 14.8 Å². The molecule has 0 amide bonds. The molecule has 0 radical (unpaired) electrons. The van der Waals surface area contributed by atoms with E-state index in [1.54, 1.807) is 0 Å². The van der Waals surface area contributed by atoms with Gasteiger partial charge in [0.25, 0.3) is 0 Å². The molecule has 0 spiro atoms. The first kappa shape index (κ1) is 13.1. The molecule has 1 aromatic heterocycles. The predicted octanol–water partition coefficient (Wildman–Crippen LogP) is 2.33. The molecule has 1 aliphatic rings. The minimum absolute atomic E-state index is 0.121. The number of benzene rings is 1. The van der Waals surface area contributed by atoms with E-state index in [4.69, 9.17) is 16.3 Å². The van der Waals surface area contributed by atoms with Crippen LogP contribution in [0.25, 0.3) is 11.4 Å². The van der Waals surface area contributed by atoms with Gasteiger partial charge in [0.15, 0.2) is 5.82 Å². The van der Waals surface area contributed by atoms with Crippen molar-refractivity contribution in [2.45, 2.75) is 19.4 Å². The number of nitrogens with zero attached hydrogens (tertiary/aromatic N) is 3. The molecule has 0 saturated heterocycles. The number of methoxy groups -OCH3 is 1.